The second-order valence-corrected chi connectivity index (χ2v) is 9.10. The van der Waals surface area contributed by atoms with Crippen molar-refractivity contribution < 1.29 is 79.9 Å². The van der Waals surface area contributed by atoms with Crippen LogP contribution in [0.15, 0.2) is 0 Å². The van der Waals surface area contributed by atoms with E-state index in [1.165, 1.54) is 14.1 Å². The van der Waals surface area contributed by atoms with Crippen LogP contribution in [0.3, 0.4) is 0 Å². The Bertz CT molecular complexity index is 714. The number of carbonyl (C=O) groups is 1. The first-order chi connectivity index (χ1) is 17.2. The lowest BCUT2D eigenvalue weighted by atomic mass is 9.98. The number of amides is 1. The average molecular weight is 548 g/mol. The minimum absolute atomic E-state index is 0.615. The van der Waals surface area contributed by atoms with E-state index in [4.69, 9.17) is 18.9 Å². The molecule has 2 fully saturated rings. The van der Waals surface area contributed by atoms with Crippen molar-refractivity contribution in [2.75, 3.05) is 33.9 Å². The predicted octanol–water partition coefficient (Wildman–Crippen LogP) is -7.84. The van der Waals surface area contributed by atoms with Gasteiger partial charge in [-0.25, -0.2) is 0 Å². The first-order valence-corrected chi connectivity index (χ1v) is 11.4. The summed E-state index contributed by atoms with van der Waals surface area (Å²) < 4.78 is 20.9. The molecule has 2 heterocycles. The summed E-state index contributed by atoms with van der Waals surface area (Å²) in [5, 5.41) is 109. The van der Waals surface area contributed by atoms with Crippen LogP contribution < -0.4 is 0 Å². The van der Waals surface area contributed by atoms with E-state index in [9.17, 15) is 61.0 Å². The minimum Gasteiger partial charge on any atom is -0.394 e. The van der Waals surface area contributed by atoms with Gasteiger partial charge in [0, 0.05) is 14.1 Å². The lowest BCUT2D eigenvalue weighted by Gasteiger charge is -2.42. The maximum absolute atomic E-state index is 11.7. The van der Waals surface area contributed by atoms with Gasteiger partial charge in [-0.2, -0.15) is 0 Å². The number of nitrogens with zero attached hydrogens (tertiary/aromatic N) is 1. The van der Waals surface area contributed by atoms with Crippen LogP contribution in [0.4, 0.5) is 0 Å². The van der Waals surface area contributed by atoms with Gasteiger partial charge in [0.15, 0.2) is 18.7 Å². The fraction of sp³-hybridized carbons (Fsp3) is 0.950. The molecular weight excluding hydrogens is 510 g/mol. The number of aliphatic hydroxyl groups is 11. The second kappa shape index (κ2) is 13.8. The molecule has 37 heavy (non-hydrogen) atoms. The van der Waals surface area contributed by atoms with Crippen molar-refractivity contribution in [2.45, 2.75) is 85.8 Å². The van der Waals surface area contributed by atoms with Crippen LogP contribution in [0.2, 0.25) is 0 Å². The fourth-order valence-electron chi connectivity index (χ4n) is 3.70. The Kier molecular flexibility index (Phi) is 12.0. The Labute approximate surface area is 211 Å². The van der Waals surface area contributed by atoms with Crippen molar-refractivity contribution in [3.8, 4) is 0 Å². The number of rotatable bonds is 11. The SMILES string of the molecule is CN(C)C(=O)[C@H](O)[C@@H](O)[C@H](O)[C@H](O)CO[C@H]1O[C@H](CO[C@H]2O[C@H](CO)[C@@H](O)[C@H](O)[C@H]2O)[C@@H](O)[C@H](O)[C@H]1O. The zero-order valence-electron chi connectivity index (χ0n) is 20.1. The molecular formula is C20H37NO16. The molecule has 0 aromatic rings. The van der Waals surface area contributed by atoms with Gasteiger partial charge >= 0.3 is 0 Å². The zero-order valence-corrected chi connectivity index (χ0v) is 20.1. The molecule has 0 unspecified atom stereocenters. The monoisotopic (exact) mass is 547 g/mol. The van der Waals surface area contributed by atoms with Crippen LogP contribution in [0.1, 0.15) is 0 Å². The Morgan fingerprint density at radius 1 is 0.757 bits per heavy atom. The van der Waals surface area contributed by atoms with Crippen LogP contribution >= 0.6 is 0 Å². The Morgan fingerprint density at radius 2 is 1.24 bits per heavy atom. The van der Waals surface area contributed by atoms with Crippen LogP contribution in [0, 0.1) is 0 Å². The van der Waals surface area contributed by atoms with Crippen LogP contribution in [-0.2, 0) is 23.7 Å². The van der Waals surface area contributed by atoms with Crippen molar-refractivity contribution >= 4 is 5.91 Å². The van der Waals surface area contributed by atoms with Gasteiger partial charge in [0.05, 0.1) is 19.8 Å². The Hall–Kier alpha value is -1.13. The van der Waals surface area contributed by atoms with Crippen molar-refractivity contribution in [3.63, 3.8) is 0 Å². The molecule has 0 aliphatic carbocycles. The van der Waals surface area contributed by atoms with Gasteiger partial charge in [0.1, 0.15) is 67.1 Å². The lowest BCUT2D eigenvalue weighted by Crippen LogP contribution is -2.62. The molecule has 14 atom stereocenters. The Morgan fingerprint density at radius 3 is 1.76 bits per heavy atom. The molecule has 2 aliphatic heterocycles. The lowest BCUT2D eigenvalue weighted by molar-refractivity contribution is -0.333. The number of carbonyl (C=O) groups excluding carboxylic acids is 1. The van der Waals surface area contributed by atoms with E-state index in [2.05, 4.69) is 0 Å². The highest BCUT2D eigenvalue weighted by Gasteiger charge is 2.48. The molecule has 0 bridgehead atoms. The van der Waals surface area contributed by atoms with Gasteiger partial charge in [-0.05, 0) is 0 Å². The molecule has 2 aliphatic rings. The topological polar surface area (TPSA) is 280 Å². The third-order valence-corrected chi connectivity index (χ3v) is 6.13. The normalized spacial score (nSPS) is 40.0. The van der Waals surface area contributed by atoms with E-state index in [-0.39, 0.29) is 0 Å². The summed E-state index contributed by atoms with van der Waals surface area (Å²) in [6.45, 7) is -2.15. The Balaban J connectivity index is 1.96. The largest absolute Gasteiger partial charge is 0.394 e. The van der Waals surface area contributed by atoms with Gasteiger partial charge in [-0.15, -0.1) is 0 Å². The third-order valence-electron chi connectivity index (χ3n) is 6.13. The van der Waals surface area contributed by atoms with Crippen LogP contribution in [-0.4, -0.2) is 187 Å². The summed E-state index contributed by atoms with van der Waals surface area (Å²) >= 11 is 0. The zero-order chi connectivity index (χ0) is 28.2. The van der Waals surface area contributed by atoms with E-state index in [1.807, 2.05) is 0 Å². The molecule has 17 nitrogen and oxygen atoms in total. The fourth-order valence-corrected chi connectivity index (χ4v) is 3.70. The summed E-state index contributed by atoms with van der Waals surface area (Å²) in [6, 6.07) is 0. The number of ether oxygens (including phenoxy) is 4. The summed E-state index contributed by atoms with van der Waals surface area (Å²) in [5.41, 5.74) is 0. The maximum atomic E-state index is 11.7. The minimum atomic E-state index is -2.10. The van der Waals surface area contributed by atoms with Gasteiger partial charge < -0.3 is 80.0 Å². The highest BCUT2D eigenvalue weighted by molar-refractivity contribution is 5.80. The van der Waals surface area contributed by atoms with E-state index < -0.39 is 112 Å². The van der Waals surface area contributed by atoms with Crippen LogP contribution in [0.25, 0.3) is 0 Å². The smallest absolute Gasteiger partial charge is 0.253 e. The third kappa shape index (κ3) is 7.50. The van der Waals surface area contributed by atoms with Crippen molar-refractivity contribution in [3.05, 3.63) is 0 Å². The summed E-state index contributed by atoms with van der Waals surface area (Å²) in [6.07, 6.45) is -24.7. The van der Waals surface area contributed by atoms with E-state index in [0.29, 0.717) is 0 Å². The standard InChI is InChI=1S/C20H37NO16/c1-21(2)18(33)15(30)12(27)9(24)6(23)4-34-19-17(32)14(29)11(26)8(37-19)5-35-20-16(31)13(28)10(25)7(3-22)36-20/h6-17,19-20,22-32H,3-5H2,1-2H3/t6-,7-,8-,9-,10-,11-,12+,13+,14+,15-,16-,17-,19+,20+/m1/s1. The summed E-state index contributed by atoms with van der Waals surface area (Å²) in [5.74, 6) is -0.940. The highest BCUT2D eigenvalue weighted by atomic mass is 16.7. The molecule has 0 radical (unpaired) electrons. The van der Waals surface area contributed by atoms with Gasteiger partial charge in [-0.1, -0.05) is 0 Å². The molecule has 0 saturated carbocycles. The van der Waals surface area contributed by atoms with Crippen molar-refractivity contribution in [2.24, 2.45) is 0 Å². The number of hydrogen-bond acceptors (Lipinski definition) is 16. The summed E-state index contributed by atoms with van der Waals surface area (Å²) in [7, 11) is 2.59. The first kappa shape index (κ1) is 32.1. The molecule has 0 aromatic carbocycles. The number of likely N-dealkylation sites (N-methyl/N-ethyl adjacent to an activating group) is 1. The molecule has 0 aromatic heterocycles. The highest BCUT2D eigenvalue weighted by Crippen LogP contribution is 2.26. The van der Waals surface area contributed by atoms with Gasteiger partial charge in [0.2, 0.25) is 0 Å². The number of aliphatic hydroxyl groups excluding tert-OH is 11. The van der Waals surface area contributed by atoms with E-state index >= 15 is 0 Å². The molecule has 0 spiro atoms. The second-order valence-electron chi connectivity index (χ2n) is 9.10. The average Bonchev–Trinajstić information content (AvgIpc) is 2.88. The molecule has 11 N–H and O–H groups in total. The molecule has 1 amide bonds. The van der Waals surface area contributed by atoms with Crippen molar-refractivity contribution in [1.82, 2.24) is 4.90 Å². The quantitative estimate of drug-likeness (QED) is 0.114. The van der Waals surface area contributed by atoms with Crippen LogP contribution in [0.5, 0.6) is 0 Å². The molecule has 2 rings (SSSR count). The van der Waals surface area contributed by atoms with E-state index in [1.54, 1.807) is 0 Å². The molecule has 2 saturated heterocycles. The number of hydrogen-bond donors (Lipinski definition) is 11. The predicted molar refractivity (Wildman–Crippen MR) is 115 cm³/mol. The van der Waals surface area contributed by atoms with Crippen molar-refractivity contribution in [1.29, 1.82) is 0 Å². The summed E-state index contributed by atoms with van der Waals surface area (Å²) in [4.78, 5) is 12.7. The van der Waals surface area contributed by atoms with Gasteiger partial charge in [-0.3, -0.25) is 4.79 Å². The van der Waals surface area contributed by atoms with E-state index in [0.717, 1.165) is 4.90 Å². The molecule has 218 valence electrons. The van der Waals surface area contributed by atoms with Gasteiger partial charge in [0.25, 0.3) is 5.91 Å². The molecule has 17 heteroatoms. The first-order valence-electron chi connectivity index (χ1n) is 11.4. The maximum Gasteiger partial charge on any atom is 0.253 e.